The van der Waals surface area contributed by atoms with Crippen molar-refractivity contribution in [1.29, 1.82) is 5.41 Å². The molecule has 1 saturated heterocycles. The van der Waals surface area contributed by atoms with Gasteiger partial charge in [0.15, 0.2) is 11.7 Å². The SMILES string of the molecule is CC(C)[C@H](NC(=O)Nc1ccccc1)C(=O)N1CCC[C@H]1C(=O)N[C@@H](CCCNC(=N)N)C(=O)CF. The Balaban J connectivity index is 2.04. The fraction of sp³-hybridized carbons (Fsp3) is 0.542. The number of likely N-dealkylation sites (tertiary alicyclic amines) is 1. The van der Waals surface area contributed by atoms with Gasteiger partial charge in [0.2, 0.25) is 11.8 Å². The number of ketones is 1. The summed E-state index contributed by atoms with van der Waals surface area (Å²) in [6.45, 7) is 2.98. The quantitative estimate of drug-likeness (QED) is 0.141. The molecule has 0 unspecified atom stereocenters. The Morgan fingerprint density at radius 2 is 1.86 bits per heavy atom. The third kappa shape index (κ3) is 8.51. The normalized spacial score (nSPS) is 16.7. The van der Waals surface area contributed by atoms with Crippen LogP contribution < -0.4 is 27.0 Å². The van der Waals surface area contributed by atoms with Crippen LogP contribution in [0.5, 0.6) is 0 Å². The molecule has 3 atom stereocenters. The summed E-state index contributed by atoms with van der Waals surface area (Å²) in [5, 5.41) is 17.7. The first-order valence-corrected chi connectivity index (χ1v) is 12.0. The predicted molar refractivity (Wildman–Crippen MR) is 134 cm³/mol. The molecule has 0 aromatic heterocycles. The topological polar surface area (TPSA) is 170 Å². The van der Waals surface area contributed by atoms with Gasteiger partial charge in [-0.3, -0.25) is 19.8 Å². The molecule has 1 heterocycles. The molecule has 1 fully saturated rings. The molecule has 12 heteroatoms. The number of amides is 4. The number of Topliss-reactive ketones (excluding diaryl/α,β-unsaturated/α-hetero) is 1. The second-order valence-corrected chi connectivity index (χ2v) is 9.02. The molecule has 0 radical (unpaired) electrons. The van der Waals surface area contributed by atoms with Crippen molar-refractivity contribution in [1.82, 2.24) is 20.9 Å². The van der Waals surface area contributed by atoms with Crippen molar-refractivity contribution in [3.8, 4) is 0 Å². The predicted octanol–water partition coefficient (Wildman–Crippen LogP) is 1.11. The summed E-state index contributed by atoms with van der Waals surface area (Å²) in [4.78, 5) is 52.4. The number of guanidine groups is 1. The number of halogens is 1. The van der Waals surface area contributed by atoms with E-state index >= 15 is 0 Å². The van der Waals surface area contributed by atoms with Crippen molar-refractivity contribution >= 4 is 35.3 Å². The number of carbonyl (C=O) groups excluding carboxylic acids is 4. The molecule has 0 aliphatic carbocycles. The van der Waals surface area contributed by atoms with Gasteiger partial charge in [0.25, 0.3) is 0 Å². The van der Waals surface area contributed by atoms with Gasteiger partial charge in [-0.25, -0.2) is 9.18 Å². The van der Waals surface area contributed by atoms with Gasteiger partial charge in [0.1, 0.15) is 18.8 Å². The van der Waals surface area contributed by atoms with Crippen LogP contribution in [0.25, 0.3) is 0 Å². The largest absolute Gasteiger partial charge is 0.370 e. The molecule has 0 spiro atoms. The van der Waals surface area contributed by atoms with Gasteiger partial charge < -0.3 is 31.9 Å². The number of nitrogens with zero attached hydrogens (tertiary/aromatic N) is 1. The molecule has 198 valence electrons. The Kier molecular flexibility index (Phi) is 11.1. The number of hydrogen-bond donors (Lipinski definition) is 6. The number of nitrogens with two attached hydrogens (primary N) is 1. The van der Waals surface area contributed by atoms with Gasteiger partial charge in [-0.05, 0) is 43.7 Å². The molecule has 1 aliphatic rings. The monoisotopic (exact) mass is 505 g/mol. The molecule has 0 saturated carbocycles. The van der Waals surface area contributed by atoms with Crippen molar-refractivity contribution in [2.24, 2.45) is 11.7 Å². The summed E-state index contributed by atoms with van der Waals surface area (Å²) in [5.41, 5.74) is 5.80. The van der Waals surface area contributed by atoms with E-state index in [1.807, 2.05) is 6.07 Å². The van der Waals surface area contributed by atoms with Crippen LogP contribution in [0.2, 0.25) is 0 Å². The first kappa shape index (κ1) is 28.5. The van der Waals surface area contributed by atoms with E-state index in [1.54, 1.807) is 38.1 Å². The molecule has 1 aliphatic heterocycles. The Morgan fingerprint density at radius 1 is 1.17 bits per heavy atom. The number of hydrogen-bond acceptors (Lipinski definition) is 5. The first-order valence-electron chi connectivity index (χ1n) is 12.0. The Hall–Kier alpha value is -3.70. The molecule has 2 rings (SSSR count). The fourth-order valence-electron chi connectivity index (χ4n) is 4.03. The van der Waals surface area contributed by atoms with Crippen LogP contribution in [0.15, 0.2) is 30.3 Å². The zero-order valence-corrected chi connectivity index (χ0v) is 20.7. The highest BCUT2D eigenvalue weighted by atomic mass is 19.1. The minimum Gasteiger partial charge on any atom is -0.370 e. The summed E-state index contributed by atoms with van der Waals surface area (Å²) < 4.78 is 13.1. The van der Waals surface area contributed by atoms with Gasteiger partial charge >= 0.3 is 6.03 Å². The fourth-order valence-corrected chi connectivity index (χ4v) is 4.03. The second kappa shape index (κ2) is 14.0. The number of urea groups is 1. The first-order chi connectivity index (χ1) is 17.1. The van der Waals surface area contributed by atoms with Crippen molar-refractivity contribution in [2.75, 3.05) is 25.1 Å². The lowest BCUT2D eigenvalue weighted by atomic mass is 10.0. The van der Waals surface area contributed by atoms with Gasteiger partial charge in [-0.1, -0.05) is 32.0 Å². The van der Waals surface area contributed by atoms with Crippen LogP contribution >= 0.6 is 0 Å². The molecular weight excluding hydrogens is 469 g/mol. The van der Waals surface area contributed by atoms with Crippen molar-refractivity contribution < 1.29 is 23.6 Å². The molecule has 1 aromatic carbocycles. The van der Waals surface area contributed by atoms with Crippen LogP contribution in [0.4, 0.5) is 14.9 Å². The van der Waals surface area contributed by atoms with Crippen molar-refractivity contribution in [3.05, 3.63) is 30.3 Å². The highest BCUT2D eigenvalue weighted by molar-refractivity contribution is 5.97. The van der Waals surface area contributed by atoms with Gasteiger partial charge in [0, 0.05) is 18.8 Å². The zero-order chi connectivity index (χ0) is 26.7. The molecule has 1 aromatic rings. The zero-order valence-electron chi connectivity index (χ0n) is 20.7. The van der Waals surface area contributed by atoms with Crippen LogP contribution in [0, 0.1) is 11.3 Å². The molecule has 11 nitrogen and oxygen atoms in total. The standard InChI is InChI=1S/C24H36FN7O4/c1-15(2)20(31-24(36)29-16-8-4-3-5-9-16)22(35)32-13-7-11-18(32)21(34)30-17(19(33)14-25)10-6-12-28-23(26)27/h3-5,8-9,15,17-18,20H,6-7,10-14H2,1-2H3,(H,30,34)(H4,26,27,28)(H2,29,31,36)/t17-,18-,20-/m0/s1. The Morgan fingerprint density at radius 3 is 2.47 bits per heavy atom. The molecule has 36 heavy (non-hydrogen) atoms. The van der Waals surface area contributed by atoms with Crippen molar-refractivity contribution in [3.63, 3.8) is 0 Å². The van der Waals surface area contributed by atoms with Crippen LogP contribution in [0.3, 0.4) is 0 Å². The number of nitrogens with one attached hydrogen (secondary N) is 5. The molecule has 0 bridgehead atoms. The summed E-state index contributed by atoms with van der Waals surface area (Å²) >= 11 is 0. The van der Waals surface area contributed by atoms with E-state index in [-0.39, 0.29) is 18.3 Å². The molecule has 7 N–H and O–H groups in total. The van der Waals surface area contributed by atoms with Gasteiger partial charge in [-0.2, -0.15) is 0 Å². The van der Waals surface area contributed by atoms with Gasteiger partial charge in [-0.15, -0.1) is 0 Å². The molecular formula is C24H36FN7O4. The van der Waals surface area contributed by atoms with E-state index < -0.39 is 48.4 Å². The van der Waals surface area contributed by atoms with E-state index in [9.17, 15) is 23.6 Å². The maximum absolute atomic E-state index is 13.4. The van der Waals surface area contributed by atoms with E-state index in [0.717, 1.165) is 0 Å². The smallest absolute Gasteiger partial charge is 0.319 e. The highest BCUT2D eigenvalue weighted by Gasteiger charge is 2.39. The summed E-state index contributed by atoms with van der Waals surface area (Å²) in [7, 11) is 0. The third-order valence-corrected chi connectivity index (χ3v) is 5.91. The summed E-state index contributed by atoms with van der Waals surface area (Å²) in [6.07, 6.45) is 1.50. The highest BCUT2D eigenvalue weighted by Crippen LogP contribution is 2.21. The van der Waals surface area contributed by atoms with E-state index in [4.69, 9.17) is 11.1 Å². The number of benzene rings is 1. The van der Waals surface area contributed by atoms with Crippen LogP contribution in [-0.2, 0) is 14.4 Å². The lowest BCUT2D eigenvalue weighted by Crippen LogP contribution is -2.57. The number of alkyl halides is 1. The lowest BCUT2D eigenvalue weighted by molar-refractivity contribution is -0.141. The average molecular weight is 506 g/mol. The number of para-hydroxylation sites is 1. The molecule has 4 amide bonds. The second-order valence-electron chi connectivity index (χ2n) is 9.02. The lowest BCUT2D eigenvalue weighted by Gasteiger charge is -2.31. The van der Waals surface area contributed by atoms with E-state index in [1.165, 1.54) is 4.90 Å². The minimum absolute atomic E-state index is 0.158. The van der Waals surface area contributed by atoms with Crippen LogP contribution in [0.1, 0.15) is 39.5 Å². The third-order valence-electron chi connectivity index (χ3n) is 5.91. The maximum atomic E-state index is 13.4. The van der Waals surface area contributed by atoms with E-state index in [2.05, 4.69) is 21.3 Å². The maximum Gasteiger partial charge on any atom is 0.319 e. The van der Waals surface area contributed by atoms with Crippen molar-refractivity contribution in [2.45, 2.75) is 57.7 Å². The van der Waals surface area contributed by atoms with Gasteiger partial charge in [0.05, 0.1) is 6.04 Å². The summed E-state index contributed by atoms with van der Waals surface area (Å²) in [6, 6.07) is 5.51. The Bertz CT molecular complexity index is 928. The van der Waals surface area contributed by atoms with E-state index in [0.29, 0.717) is 38.0 Å². The van der Waals surface area contributed by atoms with Crippen LogP contribution in [-0.4, -0.2) is 72.4 Å². The average Bonchev–Trinajstić information content (AvgIpc) is 3.34. The summed E-state index contributed by atoms with van der Waals surface area (Å²) in [5.74, 6) is -2.18. The minimum atomic E-state index is -1.23. The Labute approximate surface area is 210 Å². The number of anilines is 1. The number of rotatable bonds is 12. The number of carbonyl (C=O) groups is 4.